The number of ether oxygens (including phenoxy) is 4. The van der Waals surface area contributed by atoms with E-state index in [0.29, 0.717) is 0 Å². The van der Waals surface area contributed by atoms with E-state index in [1.165, 1.54) is 50.2 Å². The molecule has 5 unspecified atom stereocenters. The average Bonchev–Trinajstić information content (AvgIpc) is 2.89. The minimum atomic E-state index is -2.50. The van der Waals surface area contributed by atoms with Crippen LogP contribution < -0.4 is 37.1 Å². The van der Waals surface area contributed by atoms with Crippen molar-refractivity contribution >= 4 is 64.8 Å². The van der Waals surface area contributed by atoms with Crippen molar-refractivity contribution in [2.75, 3.05) is 10.6 Å². The fourth-order valence-corrected chi connectivity index (χ4v) is 8.42. The van der Waals surface area contributed by atoms with Crippen molar-refractivity contribution in [3.05, 3.63) is 112 Å². The summed E-state index contributed by atoms with van der Waals surface area (Å²) < 4.78 is 93.6. The average molecular weight is 1170 g/mol. The highest BCUT2D eigenvalue weighted by atomic mass is 19.2. The molecule has 1 aliphatic heterocycles. The molecule has 21 nitrogen and oxygen atoms in total. The van der Waals surface area contributed by atoms with Crippen LogP contribution in [0.5, 0.6) is 17.2 Å². The number of anilines is 2. The first kappa shape index (κ1) is 65.1. The minimum Gasteiger partial charge on any atom is -0.507 e. The van der Waals surface area contributed by atoms with Gasteiger partial charge in [0, 0.05) is 47.0 Å². The van der Waals surface area contributed by atoms with Crippen LogP contribution in [0.1, 0.15) is 145 Å². The van der Waals surface area contributed by atoms with Crippen molar-refractivity contribution in [2.24, 2.45) is 11.7 Å². The van der Waals surface area contributed by atoms with Gasteiger partial charge in [-0.1, -0.05) is 38.1 Å². The third kappa shape index (κ3) is 17.2. The Morgan fingerprint density at radius 1 is 0.578 bits per heavy atom. The van der Waals surface area contributed by atoms with Gasteiger partial charge in [0.15, 0.2) is 23.3 Å². The number of phenols is 1. The number of esters is 3. The van der Waals surface area contributed by atoms with Gasteiger partial charge < -0.3 is 61.5 Å². The van der Waals surface area contributed by atoms with E-state index in [4.69, 9.17) is 24.7 Å². The number of fused-ring (bicyclic) bond motifs is 2. The number of hydrogen-bond acceptors (Lipinski definition) is 15. The molecule has 1 heterocycles. The number of carbonyl (C=O) groups is 9. The normalized spacial score (nSPS) is 14.5. The lowest BCUT2D eigenvalue weighted by atomic mass is 9.80. The lowest BCUT2D eigenvalue weighted by Crippen LogP contribution is -2.59. The van der Waals surface area contributed by atoms with Gasteiger partial charge in [0.1, 0.15) is 63.3 Å². The number of hydrogen-bond donors (Lipinski definition) is 8. The maximum Gasteiger partial charge on any atom is 0.339 e. The topological polar surface area (TPSA) is 317 Å². The molecule has 448 valence electrons. The van der Waals surface area contributed by atoms with Crippen LogP contribution in [0.15, 0.2) is 54.6 Å². The van der Waals surface area contributed by atoms with Crippen LogP contribution in [0.4, 0.5) is 33.3 Å². The van der Waals surface area contributed by atoms with Crippen LogP contribution in [-0.4, -0.2) is 105 Å². The molecule has 0 spiro atoms. The quantitative estimate of drug-likeness (QED) is 0.0125. The largest absolute Gasteiger partial charge is 0.507 e. The van der Waals surface area contributed by atoms with Crippen LogP contribution in [0.3, 0.4) is 0 Å². The van der Waals surface area contributed by atoms with Gasteiger partial charge in [-0.3, -0.25) is 38.4 Å². The number of carboxylic acids is 1. The second kappa shape index (κ2) is 26.1. The van der Waals surface area contributed by atoms with E-state index < -0.39 is 171 Å². The van der Waals surface area contributed by atoms with E-state index in [-0.39, 0.29) is 46.0 Å². The number of halogens is 5. The van der Waals surface area contributed by atoms with E-state index in [1.54, 1.807) is 62.3 Å². The summed E-state index contributed by atoms with van der Waals surface area (Å²) in [6, 6.07) is 5.00. The molecule has 4 aromatic carbocycles. The van der Waals surface area contributed by atoms with Crippen LogP contribution in [0.25, 0.3) is 0 Å². The molecule has 0 radical (unpaired) electrons. The standard InChI is InChI=1S/C57H65F5N6O15/c1-25(2)48(68-50(74)32(19-20-37(70)81-55(3,4)5)66-49(73)31(63)23-38(71)82-56(6,7)8)53(77)67-33(24-39(72)83-57(9,10)11)51(75)64-26-15-17-28-35(21-26)80-36-22-27(65-52(76)42-43(58)45(60)47(62)46(61)44(42)59)16-18-29(36)40(28)30-13-12-14-34(69)41(30)54(78)79/h12-18,21-22,25,31-33,40,48,69H,19-20,23-24,63H2,1-11H3,(H,64,75)(H,65,76)(H,66,73)(H,67,77)(H,68,74)(H,78,79). The van der Waals surface area contributed by atoms with Crippen LogP contribution in [0, 0.1) is 35.0 Å². The number of benzene rings is 4. The molecule has 0 bridgehead atoms. The molecule has 0 saturated heterocycles. The Bertz CT molecular complexity index is 3200. The van der Waals surface area contributed by atoms with Crippen molar-refractivity contribution in [3.8, 4) is 17.2 Å². The highest BCUT2D eigenvalue weighted by Crippen LogP contribution is 2.50. The fraction of sp³-hybridized carbons (Fsp3) is 0.421. The molecule has 26 heteroatoms. The molecule has 5 atom stereocenters. The molecule has 5 rings (SSSR count). The van der Waals surface area contributed by atoms with Crippen molar-refractivity contribution < 1.29 is 94.3 Å². The summed E-state index contributed by atoms with van der Waals surface area (Å²) in [7, 11) is 0. The van der Waals surface area contributed by atoms with Gasteiger partial charge in [0.2, 0.25) is 29.4 Å². The third-order valence-corrected chi connectivity index (χ3v) is 11.9. The molecule has 5 amide bonds. The smallest absolute Gasteiger partial charge is 0.339 e. The van der Waals surface area contributed by atoms with E-state index in [2.05, 4.69) is 26.6 Å². The molecule has 4 aromatic rings. The van der Waals surface area contributed by atoms with Crippen LogP contribution in [0.2, 0.25) is 0 Å². The third-order valence-electron chi connectivity index (χ3n) is 11.9. The van der Waals surface area contributed by atoms with E-state index in [0.717, 1.165) is 18.2 Å². The van der Waals surface area contributed by atoms with Gasteiger partial charge in [-0.15, -0.1) is 0 Å². The van der Waals surface area contributed by atoms with Crippen molar-refractivity contribution in [2.45, 2.75) is 149 Å². The van der Waals surface area contributed by atoms with Gasteiger partial charge in [-0.2, -0.15) is 0 Å². The highest BCUT2D eigenvalue weighted by molar-refractivity contribution is 6.05. The first-order chi connectivity index (χ1) is 38.4. The molecule has 9 N–H and O–H groups in total. The zero-order valence-corrected chi connectivity index (χ0v) is 47.2. The van der Waals surface area contributed by atoms with Gasteiger partial charge in [0.05, 0.1) is 18.9 Å². The van der Waals surface area contributed by atoms with Gasteiger partial charge >= 0.3 is 23.9 Å². The lowest BCUT2D eigenvalue weighted by Gasteiger charge is -2.30. The number of aromatic hydroxyl groups is 1. The van der Waals surface area contributed by atoms with Gasteiger partial charge in [0.25, 0.3) is 5.91 Å². The summed E-state index contributed by atoms with van der Waals surface area (Å²) in [5.74, 6) is -24.8. The SMILES string of the molecule is CC(C)C(NC(=O)C(CCC(=O)OC(C)(C)C)NC(=O)C(N)CC(=O)OC(C)(C)C)C(=O)NC(CC(=O)OC(C)(C)C)C(=O)Nc1ccc2c(c1)Oc1cc(NC(=O)c3c(F)c(F)c(F)c(F)c3F)ccc1C2c1cccc(O)c1C(=O)O. The first-order valence-corrected chi connectivity index (χ1v) is 25.8. The lowest BCUT2D eigenvalue weighted by molar-refractivity contribution is -0.157. The zero-order valence-electron chi connectivity index (χ0n) is 47.2. The molecular weight excluding hydrogens is 1100 g/mol. The number of aromatic carboxylic acids is 1. The molecule has 83 heavy (non-hydrogen) atoms. The van der Waals surface area contributed by atoms with Crippen molar-refractivity contribution in [1.29, 1.82) is 0 Å². The van der Waals surface area contributed by atoms with Gasteiger partial charge in [-0.25, -0.2) is 26.7 Å². The van der Waals surface area contributed by atoms with Crippen molar-refractivity contribution in [1.82, 2.24) is 16.0 Å². The van der Waals surface area contributed by atoms with E-state index in [1.807, 2.05) is 0 Å². The second-order valence-corrected chi connectivity index (χ2v) is 22.6. The van der Waals surface area contributed by atoms with E-state index >= 15 is 0 Å². The van der Waals surface area contributed by atoms with Crippen LogP contribution >= 0.6 is 0 Å². The Labute approximate surface area is 473 Å². The van der Waals surface area contributed by atoms with Crippen LogP contribution in [-0.2, 0) is 47.8 Å². The Kier molecular flexibility index (Phi) is 20.4. The number of rotatable bonds is 20. The molecule has 1 aliphatic rings. The van der Waals surface area contributed by atoms with Gasteiger partial charge in [-0.05, 0) is 98.4 Å². The molecule has 0 saturated carbocycles. The Morgan fingerprint density at radius 3 is 1.57 bits per heavy atom. The molecular formula is C57H65F5N6O15. The summed E-state index contributed by atoms with van der Waals surface area (Å²) in [4.78, 5) is 121. The fourth-order valence-electron chi connectivity index (χ4n) is 8.42. The monoisotopic (exact) mass is 1170 g/mol. The van der Waals surface area contributed by atoms with Crippen molar-refractivity contribution in [3.63, 3.8) is 0 Å². The summed E-state index contributed by atoms with van der Waals surface area (Å²) in [5.41, 5.74) is 0.706. The second-order valence-electron chi connectivity index (χ2n) is 22.6. The maximum absolute atomic E-state index is 14.7. The first-order valence-electron chi connectivity index (χ1n) is 25.8. The Hall–Kier alpha value is -8.68. The number of amides is 5. The predicted molar refractivity (Wildman–Crippen MR) is 286 cm³/mol. The Balaban J connectivity index is 1.48. The van der Waals surface area contributed by atoms with E-state index in [9.17, 15) is 75.3 Å². The predicted octanol–water partition coefficient (Wildman–Crippen LogP) is 7.29. The minimum absolute atomic E-state index is 0.0104. The summed E-state index contributed by atoms with van der Waals surface area (Å²) >= 11 is 0. The number of carbonyl (C=O) groups excluding carboxylic acids is 8. The maximum atomic E-state index is 14.7. The summed E-state index contributed by atoms with van der Waals surface area (Å²) in [5, 5.41) is 33.1. The summed E-state index contributed by atoms with van der Waals surface area (Å²) in [6.07, 6.45) is -2.18. The zero-order chi connectivity index (χ0) is 62.4. The molecule has 0 aromatic heterocycles. The summed E-state index contributed by atoms with van der Waals surface area (Å²) in [6.45, 7) is 17.3. The number of carboxylic acid groups (broad SMARTS) is 1. The highest BCUT2D eigenvalue weighted by Gasteiger charge is 2.38. The Morgan fingerprint density at radius 2 is 1.06 bits per heavy atom. The molecule has 0 fully saturated rings. The number of nitrogens with two attached hydrogens (primary N) is 1. The number of nitrogens with one attached hydrogen (secondary N) is 5. The molecule has 0 aliphatic carbocycles.